The molecule has 19 heavy (non-hydrogen) atoms. The van der Waals surface area contributed by atoms with Crippen molar-refractivity contribution >= 4 is 16.7 Å². The lowest BCUT2D eigenvalue weighted by Gasteiger charge is -2.07. The predicted octanol–water partition coefficient (Wildman–Crippen LogP) is 0.409. The van der Waals surface area contributed by atoms with Crippen LogP contribution in [-0.4, -0.2) is 35.3 Å². The topological polar surface area (TPSA) is 81.4 Å². The molecule has 0 aliphatic heterocycles. The molecule has 0 aromatic heterocycles. The lowest BCUT2D eigenvalue weighted by Crippen LogP contribution is -2.30. The molecule has 0 radical (unpaired) electrons. The fourth-order valence-corrected chi connectivity index (χ4v) is 1.98. The molecule has 0 spiro atoms. The van der Waals surface area contributed by atoms with E-state index in [1.807, 2.05) is 12.1 Å². The minimum absolute atomic E-state index is 0.0167. The average molecular weight is 284 g/mol. The molecule has 0 heterocycles. The SMILES string of the molecule is CS(=O)CCCNC(=O)COc1ccc(CN)cc1. The van der Waals surface area contributed by atoms with Crippen molar-refractivity contribution in [2.75, 3.05) is 25.2 Å². The summed E-state index contributed by atoms with van der Waals surface area (Å²) in [6.07, 6.45) is 2.36. The molecule has 106 valence electrons. The standard InChI is InChI=1S/C13H20N2O3S/c1-19(17)8-2-7-15-13(16)10-18-12-5-3-11(9-14)4-6-12/h3-6H,2,7-10,14H2,1H3,(H,15,16). The van der Waals surface area contributed by atoms with Crippen LogP contribution in [0.3, 0.4) is 0 Å². The molecule has 3 N–H and O–H groups in total. The van der Waals surface area contributed by atoms with Gasteiger partial charge in [0.2, 0.25) is 0 Å². The predicted molar refractivity (Wildman–Crippen MR) is 76.4 cm³/mol. The van der Waals surface area contributed by atoms with Crippen molar-refractivity contribution in [2.24, 2.45) is 5.73 Å². The van der Waals surface area contributed by atoms with E-state index in [9.17, 15) is 9.00 Å². The van der Waals surface area contributed by atoms with Crippen molar-refractivity contribution in [3.8, 4) is 5.75 Å². The van der Waals surface area contributed by atoms with Crippen LogP contribution < -0.4 is 15.8 Å². The summed E-state index contributed by atoms with van der Waals surface area (Å²) in [5.74, 6) is 1.06. The number of amides is 1. The van der Waals surface area contributed by atoms with Gasteiger partial charge in [-0.15, -0.1) is 0 Å². The van der Waals surface area contributed by atoms with E-state index in [-0.39, 0.29) is 12.5 Å². The molecule has 1 amide bonds. The van der Waals surface area contributed by atoms with Gasteiger partial charge in [-0.05, 0) is 24.1 Å². The number of hydrogen-bond donors (Lipinski definition) is 2. The van der Waals surface area contributed by atoms with Crippen LogP contribution in [0.2, 0.25) is 0 Å². The molecule has 6 heteroatoms. The van der Waals surface area contributed by atoms with Crippen molar-refractivity contribution in [2.45, 2.75) is 13.0 Å². The van der Waals surface area contributed by atoms with Gasteiger partial charge in [-0.25, -0.2) is 0 Å². The fourth-order valence-electron chi connectivity index (χ4n) is 1.42. The van der Waals surface area contributed by atoms with Gasteiger partial charge in [0.05, 0.1) is 0 Å². The fraction of sp³-hybridized carbons (Fsp3) is 0.462. The van der Waals surface area contributed by atoms with Gasteiger partial charge < -0.3 is 15.8 Å². The van der Waals surface area contributed by atoms with E-state index in [1.54, 1.807) is 18.4 Å². The monoisotopic (exact) mass is 284 g/mol. The Hall–Kier alpha value is -1.40. The molecule has 1 atom stereocenters. The Morgan fingerprint density at radius 2 is 2.05 bits per heavy atom. The number of rotatable bonds is 8. The van der Waals surface area contributed by atoms with E-state index in [0.29, 0.717) is 31.0 Å². The Bertz CT molecular complexity index is 420. The third-order valence-electron chi connectivity index (χ3n) is 2.46. The van der Waals surface area contributed by atoms with Gasteiger partial charge in [0.25, 0.3) is 5.91 Å². The number of hydrogen-bond acceptors (Lipinski definition) is 4. The molecule has 0 saturated heterocycles. The third kappa shape index (κ3) is 6.93. The van der Waals surface area contributed by atoms with Gasteiger partial charge in [-0.2, -0.15) is 0 Å². The summed E-state index contributed by atoms with van der Waals surface area (Å²) in [4.78, 5) is 11.5. The Labute approximate surface area is 116 Å². The zero-order valence-electron chi connectivity index (χ0n) is 11.1. The summed E-state index contributed by atoms with van der Waals surface area (Å²) >= 11 is 0. The van der Waals surface area contributed by atoms with Crippen LogP contribution in [0.1, 0.15) is 12.0 Å². The minimum atomic E-state index is -0.810. The zero-order chi connectivity index (χ0) is 14.1. The first-order valence-corrected chi connectivity index (χ1v) is 7.83. The molecule has 1 rings (SSSR count). The minimum Gasteiger partial charge on any atom is -0.484 e. The molecule has 1 aromatic rings. The highest BCUT2D eigenvalue weighted by atomic mass is 32.2. The smallest absolute Gasteiger partial charge is 0.257 e. The molecular formula is C13H20N2O3S. The summed E-state index contributed by atoms with van der Waals surface area (Å²) in [5, 5.41) is 2.71. The largest absolute Gasteiger partial charge is 0.484 e. The number of nitrogens with two attached hydrogens (primary N) is 1. The summed E-state index contributed by atoms with van der Waals surface area (Å²) in [7, 11) is -0.810. The molecular weight excluding hydrogens is 264 g/mol. The summed E-state index contributed by atoms with van der Waals surface area (Å²) in [6.45, 7) is 0.991. The second-order valence-corrected chi connectivity index (χ2v) is 5.67. The quantitative estimate of drug-likeness (QED) is 0.677. The number of carbonyl (C=O) groups is 1. The first kappa shape index (κ1) is 15.7. The maximum atomic E-state index is 11.5. The Morgan fingerprint density at radius 1 is 1.37 bits per heavy atom. The number of carbonyl (C=O) groups excluding carboxylic acids is 1. The van der Waals surface area contributed by atoms with Gasteiger partial charge >= 0.3 is 0 Å². The average Bonchev–Trinajstić information content (AvgIpc) is 2.41. The summed E-state index contributed by atoms with van der Waals surface area (Å²) in [5.41, 5.74) is 6.50. The van der Waals surface area contributed by atoms with Crippen LogP contribution in [0, 0.1) is 0 Å². The van der Waals surface area contributed by atoms with Crippen molar-refractivity contribution in [3.05, 3.63) is 29.8 Å². The number of nitrogens with one attached hydrogen (secondary N) is 1. The van der Waals surface area contributed by atoms with E-state index in [2.05, 4.69) is 5.32 Å². The Balaban J connectivity index is 2.20. The van der Waals surface area contributed by atoms with E-state index < -0.39 is 10.8 Å². The van der Waals surface area contributed by atoms with Crippen LogP contribution in [0.4, 0.5) is 0 Å². The highest BCUT2D eigenvalue weighted by molar-refractivity contribution is 7.84. The molecule has 0 aliphatic carbocycles. The second kappa shape index (κ2) is 8.66. The normalized spacial score (nSPS) is 11.9. The van der Waals surface area contributed by atoms with E-state index in [4.69, 9.17) is 10.5 Å². The molecule has 1 aromatic carbocycles. The van der Waals surface area contributed by atoms with Crippen LogP contribution in [0.5, 0.6) is 5.75 Å². The molecule has 0 saturated carbocycles. The van der Waals surface area contributed by atoms with Gasteiger partial charge in [-0.1, -0.05) is 12.1 Å². The summed E-state index contributed by atoms with van der Waals surface area (Å²) < 4.78 is 16.1. The first-order valence-electron chi connectivity index (χ1n) is 6.10. The van der Waals surface area contributed by atoms with Crippen LogP contribution >= 0.6 is 0 Å². The lowest BCUT2D eigenvalue weighted by atomic mass is 10.2. The zero-order valence-corrected chi connectivity index (χ0v) is 11.9. The lowest BCUT2D eigenvalue weighted by molar-refractivity contribution is -0.123. The molecule has 0 fully saturated rings. The maximum absolute atomic E-state index is 11.5. The van der Waals surface area contributed by atoms with Gasteiger partial charge in [0.1, 0.15) is 5.75 Å². The van der Waals surface area contributed by atoms with Crippen molar-refractivity contribution in [3.63, 3.8) is 0 Å². The van der Waals surface area contributed by atoms with Crippen LogP contribution in [0.25, 0.3) is 0 Å². The second-order valence-electron chi connectivity index (χ2n) is 4.12. The Morgan fingerprint density at radius 3 is 2.63 bits per heavy atom. The van der Waals surface area contributed by atoms with E-state index in [1.165, 1.54) is 0 Å². The van der Waals surface area contributed by atoms with Gasteiger partial charge in [-0.3, -0.25) is 9.00 Å². The third-order valence-corrected chi connectivity index (χ3v) is 3.32. The highest BCUT2D eigenvalue weighted by Crippen LogP contribution is 2.11. The molecule has 1 unspecified atom stereocenters. The summed E-state index contributed by atoms with van der Waals surface area (Å²) in [6, 6.07) is 7.30. The molecule has 0 bridgehead atoms. The van der Waals surface area contributed by atoms with E-state index in [0.717, 1.165) is 5.56 Å². The van der Waals surface area contributed by atoms with Gasteiger partial charge in [0.15, 0.2) is 6.61 Å². The maximum Gasteiger partial charge on any atom is 0.257 e. The number of ether oxygens (including phenoxy) is 1. The molecule has 0 aliphatic rings. The first-order chi connectivity index (χ1) is 9.11. The molecule has 5 nitrogen and oxygen atoms in total. The van der Waals surface area contributed by atoms with Crippen LogP contribution in [-0.2, 0) is 22.1 Å². The van der Waals surface area contributed by atoms with Crippen molar-refractivity contribution in [1.29, 1.82) is 0 Å². The van der Waals surface area contributed by atoms with Gasteiger partial charge in [0, 0.05) is 35.9 Å². The van der Waals surface area contributed by atoms with E-state index >= 15 is 0 Å². The number of benzene rings is 1. The van der Waals surface area contributed by atoms with Crippen LogP contribution in [0.15, 0.2) is 24.3 Å². The Kier molecular flexibility index (Phi) is 7.14. The van der Waals surface area contributed by atoms with Crippen molar-refractivity contribution < 1.29 is 13.7 Å². The highest BCUT2D eigenvalue weighted by Gasteiger charge is 2.02. The van der Waals surface area contributed by atoms with Crippen molar-refractivity contribution in [1.82, 2.24) is 5.32 Å².